The number of carbonyl (C=O) groups is 1. The number of halogens is 1. The third kappa shape index (κ3) is 5.14. The SMILES string of the molecule is CC(C)N1c2ccc(/C=N\NC(=O)COc3ccc(Cl)cc3)cc2[C@@H](C)CC1(C)C. The summed E-state index contributed by atoms with van der Waals surface area (Å²) < 4.78 is 5.42. The largest absolute Gasteiger partial charge is 0.484 e. The molecule has 3 rings (SSSR count). The predicted octanol–water partition coefficient (Wildman–Crippen LogP) is 5.37. The van der Waals surface area contributed by atoms with Crippen LogP contribution in [0, 0.1) is 0 Å². The number of benzene rings is 2. The highest BCUT2D eigenvalue weighted by atomic mass is 35.5. The number of rotatable bonds is 6. The van der Waals surface area contributed by atoms with Gasteiger partial charge in [-0.3, -0.25) is 4.79 Å². The number of hydrogen-bond donors (Lipinski definition) is 1. The number of nitrogens with zero attached hydrogens (tertiary/aromatic N) is 2. The van der Waals surface area contributed by atoms with E-state index in [-0.39, 0.29) is 18.1 Å². The third-order valence-electron chi connectivity index (χ3n) is 5.40. The highest BCUT2D eigenvalue weighted by Crippen LogP contribution is 2.44. The average molecular weight is 428 g/mol. The van der Waals surface area contributed by atoms with Gasteiger partial charge in [0.15, 0.2) is 6.61 Å². The topological polar surface area (TPSA) is 53.9 Å². The number of hydrazone groups is 1. The Morgan fingerprint density at radius 3 is 2.67 bits per heavy atom. The van der Waals surface area contributed by atoms with Gasteiger partial charge in [0.05, 0.1) is 6.21 Å². The van der Waals surface area contributed by atoms with Gasteiger partial charge in [-0.1, -0.05) is 24.6 Å². The molecule has 2 aromatic rings. The van der Waals surface area contributed by atoms with Crippen molar-refractivity contribution in [2.24, 2.45) is 5.10 Å². The smallest absolute Gasteiger partial charge is 0.277 e. The van der Waals surface area contributed by atoms with Crippen LogP contribution in [0.25, 0.3) is 0 Å². The molecule has 1 heterocycles. The summed E-state index contributed by atoms with van der Waals surface area (Å²) >= 11 is 5.83. The van der Waals surface area contributed by atoms with E-state index in [1.807, 2.05) is 6.07 Å². The predicted molar refractivity (Wildman–Crippen MR) is 124 cm³/mol. The first kappa shape index (κ1) is 22.2. The van der Waals surface area contributed by atoms with Gasteiger partial charge in [-0.25, -0.2) is 5.43 Å². The maximum Gasteiger partial charge on any atom is 0.277 e. The van der Waals surface area contributed by atoms with Crippen LogP contribution in [-0.4, -0.2) is 30.3 Å². The molecule has 1 aliphatic rings. The first-order valence-corrected chi connectivity index (χ1v) is 10.7. The van der Waals surface area contributed by atoms with E-state index >= 15 is 0 Å². The quantitative estimate of drug-likeness (QED) is 0.498. The first-order chi connectivity index (χ1) is 14.2. The molecule has 1 N–H and O–H groups in total. The minimum Gasteiger partial charge on any atom is -0.484 e. The summed E-state index contributed by atoms with van der Waals surface area (Å²) in [5.41, 5.74) is 6.20. The lowest BCUT2D eigenvalue weighted by atomic mass is 9.79. The number of ether oxygens (including phenoxy) is 1. The summed E-state index contributed by atoms with van der Waals surface area (Å²) in [5.74, 6) is 0.723. The van der Waals surface area contributed by atoms with Crippen LogP contribution in [0.15, 0.2) is 47.6 Å². The number of hydrogen-bond acceptors (Lipinski definition) is 4. The number of anilines is 1. The normalized spacial score (nSPS) is 17.8. The molecular weight excluding hydrogens is 398 g/mol. The molecular formula is C24H30ClN3O2. The van der Waals surface area contributed by atoms with Crippen LogP contribution in [0.4, 0.5) is 5.69 Å². The van der Waals surface area contributed by atoms with Crippen LogP contribution >= 0.6 is 11.6 Å². The van der Waals surface area contributed by atoms with Crippen molar-refractivity contribution in [3.63, 3.8) is 0 Å². The Morgan fingerprint density at radius 2 is 2.00 bits per heavy atom. The lowest BCUT2D eigenvalue weighted by Crippen LogP contribution is -2.51. The van der Waals surface area contributed by atoms with E-state index in [1.165, 1.54) is 11.3 Å². The molecule has 0 spiro atoms. The van der Waals surface area contributed by atoms with Gasteiger partial charge in [-0.15, -0.1) is 0 Å². The average Bonchev–Trinajstić information content (AvgIpc) is 2.67. The Morgan fingerprint density at radius 1 is 1.30 bits per heavy atom. The molecule has 30 heavy (non-hydrogen) atoms. The van der Waals surface area contributed by atoms with E-state index in [0.29, 0.717) is 22.7 Å². The maximum absolute atomic E-state index is 12.0. The Balaban J connectivity index is 1.63. The van der Waals surface area contributed by atoms with E-state index < -0.39 is 0 Å². The highest BCUT2D eigenvalue weighted by Gasteiger charge is 2.37. The molecule has 0 bridgehead atoms. The summed E-state index contributed by atoms with van der Waals surface area (Å²) in [6.45, 7) is 11.2. The van der Waals surface area contributed by atoms with E-state index in [4.69, 9.17) is 16.3 Å². The third-order valence-corrected chi connectivity index (χ3v) is 5.65. The van der Waals surface area contributed by atoms with Crippen LogP contribution < -0.4 is 15.1 Å². The van der Waals surface area contributed by atoms with E-state index in [2.05, 4.69) is 62.2 Å². The minimum atomic E-state index is -0.319. The molecule has 0 aliphatic carbocycles. The van der Waals surface area contributed by atoms with Crippen molar-refractivity contribution >= 4 is 29.4 Å². The number of carbonyl (C=O) groups excluding carboxylic acids is 1. The first-order valence-electron chi connectivity index (χ1n) is 10.3. The van der Waals surface area contributed by atoms with Gasteiger partial charge >= 0.3 is 0 Å². The fourth-order valence-electron chi connectivity index (χ4n) is 4.42. The monoisotopic (exact) mass is 427 g/mol. The van der Waals surface area contributed by atoms with Gasteiger partial charge in [0, 0.05) is 22.3 Å². The van der Waals surface area contributed by atoms with Gasteiger partial charge in [-0.2, -0.15) is 5.10 Å². The second-order valence-corrected chi connectivity index (χ2v) is 9.17. The summed E-state index contributed by atoms with van der Waals surface area (Å²) in [6, 6.07) is 13.7. The van der Waals surface area contributed by atoms with Crippen molar-refractivity contribution in [3.8, 4) is 5.75 Å². The van der Waals surface area contributed by atoms with Crippen LogP contribution in [0.1, 0.15) is 58.1 Å². The minimum absolute atomic E-state index is 0.112. The van der Waals surface area contributed by atoms with Crippen molar-refractivity contribution < 1.29 is 9.53 Å². The van der Waals surface area contributed by atoms with Crippen LogP contribution in [0.5, 0.6) is 5.75 Å². The molecule has 0 fully saturated rings. The maximum atomic E-state index is 12.0. The molecule has 0 aromatic heterocycles. The zero-order chi connectivity index (χ0) is 21.9. The molecule has 0 saturated carbocycles. The van der Waals surface area contributed by atoms with Gasteiger partial charge in [0.1, 0.15) is 5.75 Å². The second-order valence-electron chi connectivity index (χ2n) is 8.74. The Hall–Kier alpha value is -2.53. The fourth-order valence-corrected chi connectivity index (χ4v) is 4.54. The number of amides is 1. The molecule has 160 valence electrons. The highest BCUT2D eigenvalue weighted by molar-refractivity contribution is 6.30. The van der Waals surface area contributed by atoms with Gasteiger partial charge in [0.2, 0.25) is 0 Å². The van der Waals surface area contributed by atoms with E-state index in [9.17, 15) is 4.79 Å². The molecule has 1 amide bonds. The van der Waals surface area contributed by atoms with Crippen LogP contribution in [-0.2, 0) is 4.79 Å². The standard InChI is InChI=1S/C24H30ClN3O2/c1-16(2)28-22-11-6-18(12-21(22)17(3)13-24(28,4)5)14-26-27-23(29)15-30-20-9-7-19(25)8-10-20/h6-12,14,16-17H,13,15H2,1-5H3,(H,27,29)/b26-14-/t17-/m0/s1. The molecule has 0 unspecified atom stereocenters. The molecule has 6 heteroatoms. The van der Waals surface area contributed by atoms with Crippen molar-refractivity contribution in [1.29, 1.82) is 0 Å². The molecule has 0 radical (unpaired) electrons. The zero-order valence-electron chi connectivity index (χ0n) is 18.3. The second kappa shape index (κ2) is 9.09. The molecule has 2 aromatic carbocycles. The van der Waals surface area contributed by atoms with Gasteiger partial charge < -0.3 is 9.64 Å². The molecule has 0 saturated heterocycles. The molecule has 5 nitrogen and oxygen atoms in total. The Labute approximate surface area is 184 Å². The number of fused-ring (bicyclic) bond motifs is 1. The summed E-state index contributed by atoms with van der Waals surface area (Å²) in [5, 5.41) is 4.71. The van der Waals surface area contributed by atoms with E-state index in [0.717, 1.165) is 12.0 Å². The van der Waals surface area contributed by atoms with E-state index in [1.54, 1.807) is 30.5 Å². The van der Waals surface area contributed by atoms with Gasteiger partial charge in [-0.05, 0) is 87.6 Å². The van der Waals surface area contributed by atoms with Gasteiger partial charge in [0.25, 0.3) is 5.91 Å². The number of nitrogens with one attached hydrogen (secondary N) is 1. The zero-order valence-corrected chi connectivity index (χ0v) is 19.0. The Kier molecular flexibility index (Phi) is 6.71. The van der Waals surface area contributed by atoms with Crippen LogP contribution in [0.2, 0.25) is 5.02 Å². The van der Waals surface area contributed by atoms with Crippen molar-refractivity contribution in [1.82, 2.24) is 5.43 Å². The summed E-state index contributed by atoms with van der Waals surface area (Å²) in [7, 11) is 0. The van der Waals surface area contributed by atoms with Crippen molar-refractivity contribution in [2.75, 3.05) is 11.5 Å². The van der Waals surface area contributed by atoms with Crippen molar-refractivity contribution in [2.45, 2.75) is 58.5 Å². The lowest BCUT2D eigenvalue weighted by Gasteiger charge is -2.50. The fraction of sp³-hybridized carbons (Fsp3) is 0.417. The Bertz CT molecular complexity index is 923. The molecule has 1 aliphatic heterocycles. The van der Waals surface area contributed by atoms with Crippen LogP contribution in [0.3, 0.4) is 0 Å². The molecule has 1 atom stereocenters. The summed E-state index contributed by atoms with van der Waals surface area (Å²) in [4.78, 5) is 14.5. The lowest BCUT2D eigenvalue weighted by molar-refractivity contribution is -0.123. The summed E-state index contributed by atoms with van der Waals surface area (Å²) in [6.07, 6.45) is 2.77. The van der Waals surface area contributed by atoms with Crippen molar-refractivity contribution in [3.05, 3.63) is 58.6 Å².